The third-order valence-electron chi connectivity index (χ3n) is 3.01. The van der Waals surface area contributed by atoms with Crippen molar-refractivity contribution in [2.24, 2.45) is 5.10 Å². The molecule has 0 radical (unpaired) electrons. The Hall–Kier alpha value is -1.86. The molecule has 0 fully saturated rings. The first-order valence-electron chi connectivity index (χ1n) is 6.39. The molecule has 0 bridgehead atoms. The zero-order chi connectivity index (χ0) is 16.3. The predicted molar refractivity (Wildman–Crippen MR) is 89.5 cm³/mol. The molecule has 0 saturated heterocycles. The van der Waals surface area contributed by atoms with Gasteiger partial charge in [0.25, 0.3) is 10.0 Å². The van der Waals surface area contributed by atoms with Crippen LogP contribution in [-0.4, -0.2) is 31.2 Å². The average molecular weight is 383 g/mol. The van der Waals surface area contributed by atoms with E-state index in [2.05, 4.69) is 21.0 Å². The number of hydrazone groups is 1. The zero-order valence-corrected chi connectivity index (χ0v) is 14.5. The Morgan fingerprint density at radius 1 is 1.18 bits per heavy atom. The van der Waals surface area contributed by atoms with Gasteiger partial charge in [-0.1, -0.05) is 17.7 Å². The van der Waals surface area contributed by atoms with Crippen LogP contribution in [0.2, 0.25) is 0 Å². The van der Waals surface area contributed by atoms with E-state index in [4.69, 9.17) is 0 Å². The molecule has 0 amide bonds. The molecule has 0 saturated carbocycles. The van der Waals surface area contributed by atoms with E-state index in [1.165, 1.54) is 19.3 Å². The summed E-state index contributed by atoms with van der Waals surface area (Å²) in [6, 6.07) is 11.4. The van der Waals surface area contributed by atoms with E-state index in [1.807, 2.05) is 6.92 Å². The smallest absolute Gasteiger partial charge is 0.278 e. The van der Waals surface area contributed by atoms with Gasteiger partial charge in [-0.25, -0.2) is 0 Å². The monoisotopic (exact) mass is 382 g/mol. The summed E-state index contributed by atoms with van der Waals surface area (Å²) in [6.45, 7) is 1.89. The Bertz CT molecular complexity index is 802. The van der Waals surface area contributed by atoms with E-state index >= 15 is 0 Å². The second-order valence-electron chi connectivity index (χ2n) is 4.71. The maximum absolute atomic E-state index is 12.3. The molecule has 0 aliphatic rings. The number of phenolic OH excluding ortho intramolecular Hbond substituents is 1. The summed E-state index contributed by atoms with van der Waals surface area (Å²) < 4.78 is 26.1. The lowest BCUT2D eigenvalue weighted by Gasteiger charge is -2.13. The summed E-state index contributed by atoms with van der Waals surface area (Å²) >= 11 is 3.19. The van der Waals surface area contributed by atoms with E-state index in [0.717, 1.165) is 9.98 Å². The number of nitrogens with zero attached hydrogens (tertiary/aromatic N) is 2. The van der Waals surface area contributed by atoms with Crippen LogP contribution in [0, 0.1) is 6.92 Å². The van der Waals surface area contributed by atoms with Gasteiger partial charge in [-0.2, -0.15) is 17.9 Å². The molecule has 0 aliphatic heterocycles. The number of aryl methyl sites for hydroxylation is 1. The van der Waals surface area contributed by atoms with E-state index < -0.39 is 10.0 Å². The molecule has 0 atom stereocenters. The van der Waals surface area contributed by atoms with Crippen molar-refractivity contribution in [2.45, 2.75) is 11.8 Å². The van der Waals surface area contributed by atoms with Crippen molar-refractivity contribution < 1.29 is 13.5 Å². The average Bonchev–Trinajstić information content (AvgIpc) is 2.48. The highest BCUT2D eigenvalue weighted by atomic mass is 79.9. The minimum Gasteiger partial charge on any atom is -0.507 e. The quantitative estimate of drug-likeness (QED) is 0.652. The molecule has 2 aromatic rings. The minimum atomic E-state index is -3.67. The van der Waals surface area contributed by atoms with Crippen molar-refractivity contribution in [3.8, 4) is 5.75 Å². The maximum Gasteiger partial charge on any atom is 0.278 e. The fraction of sp³-hybridized carbons (Fsp3) is 0.133. The summed E-state index contributed by atoms with van der Waals surface area (Å²) in [7, 11) is -2.29. The van der Waals surface area contributed by atoms with Gasteiger partial charge in [-0.15, -0.1) is 0 Å². The molecular weight excluding hydrogens is 368 g/mol. The van der Waals surface area contributed by atoms with Crippen molar-refractivity contribution in [3.05, 3.63) is 58.1 Å². The van der Waals surface area contributed by atoms with Crippen molar-refractivity contribution >= 4 is 32.2 Å². The second-order valence-corrected chi connectivity index (χ2v) is 7.51. The lowest BCUT2D eigenvalue weighted by Crippen LogP contribution is -2.21. The summed E-state index contributed by atoms with van der Waals surface area (Å²) in [6.07, 6.45) is 1.41. The van der Waals surface area contributed by atoms with E-state index in [1.54, 1.807) is 36.4 Å². The van der Waals surface area contributed by atoms with Crippen LogP contribution < -0.4 is 0 Å². The summed E-state index contributed by atoms with van der Waals surface area (Å²) in [5.41, 5.74) is 1.65. The molecule has 116 valence electrons. The summed E-state index contributed by atoms with van der Waals surface area (Å²) in [5, 5.41) is 13.4. The molecule has 0 aliphatic carbocycles. The number of phenols is 1. The molecule has 0 unspecified atom stereocenters. The SMILES string of the molecule is Cc1ccc(S(=O)(=O)N(C)/N=C\c2ccc(O)c(Br)c2)cc1. The molecule has 0 aromatic heterocycles. The fourth-order valence-corrected chi connectivity index (χ4v) is 3.03. The van der Waals surface area contributed by atoms with Gasteiger partial charge < -0.3 is 5.11 Å². The largest absolute Gasteiger partial charge is 0.507 e. The Balaban J connectivity index is 2.23. The first-order chi connectivity index (χ1) is 10.3. The lowest BCUT2D eigenvalue weighted by atomic mass is 10.2. The number of hydrogen-bond acceptors (Lipinski definition) is 4. The van der Waals surface area contributed by atoms with Crippen LogP contribution in [0.4, 0.5) is 0 Å². The van der Waals surface area contributed by atoms with Crippen LogP contribution in [0.3, 0.4) is 0 Å². The second kappa shape index (κ2) is 6.50. The molecule has 22 heavy (non-hydrogen) atoms. The number of benzene rings is 2. The van der Waals surface area contributed by atoms with Gasteiger partial charge in [0.1, 0.15) is 5.75 Å². The molecule has 7 heteroatoms. The standard InChI is InChI=1S/C15H15BrN2O3S/c1-11-3-6-13(7-4-11)22(20,21)18(2)17-10-12-5-8-15(19)14(16)9-12/h3-10,19H,1-2H3/b17-10-. The van der Waals surface area contributed by atoms with E-state index in [0.29, 0.717) is 10.0 Å². The van der Waals surface area contributed by atoms with Crippen LogP contribution in [0.15, 0.2) is 56.9 Å². The number of sulfonamides is 1. The summed E-state index contributed by atoms with van der Waals surface area (Å²) in [4.78, 5) is 0.185. The van der Waals surface area contributed by atoms with Gasteiger partial charge in [0.2, 0.25) is 0 Å². The fourth-order valence-electron chi connectivity index (χ4n) is 1.68. The van der Waals surface area contributed by atoms with E-state index in [9.17, 15) is 13.5 Å². The Morgan fingerprint density at radius 3 is 2.41 bits per heavy atom. The first-order valence-corrected chi connectivity index (χ1v) is 8.62. The highest BCUT2D eigenvalue weighted by Gasteiger charge is 2.18. The molecule has 0 spiro atoms. The Labute approximate surface area is 138 Å². The van der Waals surface area contributed by atoms with Gasteiger partial charge in [0, 0.05) is 7.05 Å². The van der Waals surface area contributed by atoms with Crippen LogP contribution in [0.25, 0.3) is 0 Å². The Morgan fingerprint density at radius 2 is 1.82 bits per heavy atom. The maximum atomic E-state index is 12.3. The molecule has 2 aromatic carbocycles. The van der Waals surface area contributed by atoms with Gasteiger partial charge in [-0.05, 0) is 58.7 Å². The molecule has 5 nitrogen and oxygen atoms in total. The molecular formula is C15H15BrN2O3S. The van der Waals surface area contributed by atoms with Crippen molar-refractivity contribution in [1.82, 2.24) is 4.41 Å². The number of aromatic hydroxyl groups is 1. The van der Waals surface area contributed by atoms with Gasteiger partial charge in [-0.3, -0.25) is 0 Å². The molecule has 2 rings (SSSR count). The summed E-state index contributed by atoms with van der Waals surface area (Å²) in [5.74, 6) is 0.109. The van der Waals surface area contributed by atoms with E-state index in [-0.39, 0.29) is 10.6 Å². The number of rotatable bonds is 4. The predicted octanol–water partition coefficient (Wildman–Crippen LogP) is 3.12. The van der Waals surface area contributed by atoms with Crippen LogP contribution in [-0.2, 0) is 10.0 Å². The first kappa shape index (κ1) is 16.5. The van der Waals surface area contributed by atoms with Crippen molar-refractivity contribution in [3.63, 3.8) is 0 Å². The van der Waals surface area contributed by atoms with Crippen LogP contribution >= 0.6 is 15.9 Å². The zero-order valence-electron chi connectivity index (χ0n) is 12.1. The van der Waals surface area contributed by atoms with Crippen LogP contribution in [0.5, 0.6) is 5.75 Å². The normalized spacial score (nSPS) is 11.8. The number of hydrogen-bond donors (Lipinski definition) is 1. The minimum absolute atomic E-state index is 0.109. The highest BCUT2D eigenvalue weighted by Crippen LogP contribution is 2.23. The molecule has 0 heterocycles. The topological polar surface area (TPSA) is 70.0 Å². The van der Waals surface area contributed by atoms with Crippen LogP contribution in [0.1, 0.15) is 11.1 Å². The van der Waals surface area contributed by atoms with Crippen molar-refractivity contribution in [2.75, 3.05) is 7.05 Å². The Kier molecular flexibility index (Phi) is 4.87. The van der Waals surface area contributed by atoms with Gasteiger partial charge in [0.15, 0.2) is 0 Å². The van der Waals surface area contributed by atoms with Crippen molar-refractivity contribution in [1.29, 1.82) is 0 Å². The van der Waals surface area contributed by atoms with Gasteiger partial charge in [0.05, 0.1) is 15.6 Å². The number of halogens is 1. The highest BCUT2D eigenvalue weighted by molar-refractivity contribution is 9.10. The lowest BCUT2D eigenvalue weighted by molar-refractivity contribution is 0.472. The third kappa shape index (κ3) is 3.66. The van der Waals surface area contributed by atoms with Gasteiger partial charge >= 0.3 is 0 Å². The third-order valence-corrected chi connectivity index (χ3v) is 5.30. The molecule has 1 N–H and O–H groups in total.